The Balaban J connectivity index is 2.02. The van der Waals surface area contributed by atoms with E-state index in [0.29, 0.717) is 16.6 Å². The van der Waals surface area contributed by atoms with Gasteiger partial charge >= 0.3 is 0 Å². The highest BCUT2D eigenvalue weighted by molar-refractivity contribution is 6.31. The van der Waals surface area contributed by atoms with Gasteiger partial charge in [0.15, 0.2) is 5.84 Å². The highest BCUT2D eigenvalue weighted by Crippen LogP contribution is 2.28. The summed E-state index contributed by atoms with van der Waals surface area (Å²) in [6.07, 6.45) is 5.14. The van der Waals surface area contributed by atoms with Crippen molar-refractivity contribution in [1.29, 1.82) is 0 Å². The summed E-state index contributed by atoms with van der Waals surface area (Å²) < 4.78 is 0. The zero-order valence-corrected chi connectivity index (χ0v) is 13.5. The Hall–Kier alpha value is -1.26. The van der Waals surface area contributed by atoms with Gasteiger partial charge in [0, 0.05) is 23.2 Å². The maximum absolute atomic E-state index is 8.70. The number of rotatable bonds is 4. The molecule has 0 radical (unpaired) electrons. The zero-order chi connectivity index (χ0) is 15.4. The number of nitrogens with zero attached hydrogens (tertiary/aromatic N) is 2. The summed E-state index contributed by atoms with van der Waals surface area (Å²) in [5.41, 5.74) is 7.29. The molecule has 0 aliphatic heterocycles. The van der Waals surface area contributed by atoms with Crippen LogP contribution >= 0.6 is 11.6 Å². The molecule has 0 bridgehead atoms. The van der Waals surface area contributed by atoms with Gasteiger partial charge in [0.05, 0.1) is 0 Å². The molecule has 0 spiro atoms. The number of amidine groups is 1. The second-order valence-electron chi connectivity index (χ2n) is 6.12. The molecule has 1 aromatic rings. The molecule has 0 aromatic heterocycles. The Kier molecular flexibility index (Phi) is 5.48. The Morgan fingerprint density at radius 2 is 2.05 bits per heavy atom. The van der Waals surface area contributed by atoms with Crippen molar-refractivity contribution in [2.75, 3.05) is 7.05 Å². The second-order valence-corrected chi connectivity index (χ2v) is 6.53. The van der Waals surface area contributed by atoms with Gasteiger partial charge in [0.1, 0.15) is 0 Å². The van der Waals surface area contributed by atoms with Crippen LogP contribution in [0.5, 0.6) is 0 Å². The molecule has 0 unspecified atom stereocenters. The van der Waals surface area contributed by atoms with Gasteiger partial charge in [-0.3, -0.25) is 4.90 Å². The molecule has 1 aliphatic carbocycles. The second kappa shape index (κ2) is 7.14. The van der Waals surface area contributed by atoms with Gasteiger partial charge in [0.25, 0.3) is 0 Å². The monoisotopic (exact) mass is 309 g/mol. The first-order chi connectivity index (χ1) is 10.0. The van der Waals surface area contributed by atoms with Crippen LogP contribution in [0, 0.1) is 5.92 Å². The van der Waals surface area contributed by atoms with E-state index in [-0.39, 0.29) is 5.84 Å². The van der Waals surface area contributed by atoms with E-state index in [0.717, 1.165) is 18.0 Å². The van der Waals surface area contributed by atoms with Gasteiger partial charge in [-0.05, 0) is 50.3 Å². The summed E-state index contributed by atoms with van der Waals surface area (Å²) in [6, 6.07) is 6.19. The van der Waals surface area contributed by atoms with E-state index in [1.165, 1.54) is 25.7 Å². The van der Waals surface area contributed by atoms with Crippen molar-refractivity contribution in [3.05, 3.63) is 34.3 Å². The van der Waals surface area contributed by atoms with Gasteiger partial charge in [-0.2, -0.15) is 0 Å². The molecule has 1 saturated carbocycles. The van der Waals surface area contributed by atoms with Crippen molar-refractivity contribution >= 4 is 17.4 Å². The van der Waals surface area contributed by atoms with Crippen LogP contribution in [0.4, 0.5) is 0 Å². The SMILES string of the molecule is CC1CCC(N(C)Cc2ccc(/C(N)=N/O)cc2Cl)CC1. The topological polar surface area (TPSA) is 61.8 Å². The number of halogens is 1. The molecule has 0 saturated heterocycles. The van der Waals surface area contributed by atoms with Crippen molar-refractivity contribution < 1.29 is 5.21 Å². The van der Waals surface area contributed by atoms with E-state index in [1.807, 2.05) is 12.1 Å². The molecule has 1 aliphatic rings. The van der Waals surface area contributed by atoms with E-state index in [2.05, 4.69) is 24.0 Å². The average molecular weight is 310 g/mol. The number of benzene rings is 1. The Bertz CT molecular complexity index is 510. The molecule has 21 heavy (non-hydrogen) atoms. The molecule has 0 amide bonds. The summed E-state index contributed by atoms with van der Waals surface area (Å²) in [6.45, 7) is 3.16. The first-order valence-electron chi connectivity index (χ1n) is 7.47. The zero-order valence-electron chi connectivity index (χ0n) is 12.7. The molecule has 1 aromatic carbocycles. The van der Waals surface area contributed by atoms with Crippen LogP contribution in [0.3, 0.4) is 0 Å². The molecule has 5 heteroatoms. The lowest BCUT2D eigenvalue weighted by molar-refractivity contribution is 0.164. The van der Waals surface area contributed by atoms with Crippen molar-refractivity contribution in [1.82, 2.24) is 4.90 Å². The first-order valence-corrected chi connectivity index (χ1v) is 7.85. The molecule has 0 heterocycles. The molecule has 116 valence electrons. The molecule has 3 N–H and O–H groups in total. The standard InChI is InChI=1S/C16H24ClN3O/c1-11-3-7-14(8-4-11)20(2)10-13-6-5-12(9-15(13)17)16(18)19-21/h5-6,9,11,14,21H,3-4,7-8,10H2,1-2H3,(H2,18,19). The number of hydrogen-bond donors (Lipinski definition) is 2. The van der Waals surface area contributed by atoms with E-state index in [4.69, 9.17) is 22.5 Å². The minimum absolute atomic E-state index is 0.0815. The normalized spacial score (nSPS) is 23.5. The van der Waals surface area contributed by atoms with Crippen LogP contribution in [0.1, 0.15) is 43.7 Å². The highest BCUT2D eigenvalue weighted by atomic mass is 35.5. The van der Waals surface area contributed by atoms with Gasteiger partial charge in [-0.25, -0.2) is 0 Å². The maximum Gasteiger partial charge on any atom is 0.170 e. The molecule has 4 nitrogen and oxygen atoms in total. The summed E-state index contributed by atoms with van der Waals surface area (Å²) in [4.78, 5) is 2.39. The first kappa shape index (κ1) is 16.1. The summed E-state index contributed by atoms with van der Waals surface area (Å²) >= 11 is 6.32. The van der Waals surface area contributed by atoms with E-state index in [9.17, 15) is 0 Å². The summed E-state index contributed by atoms with van der Waals surface area (Å²) in [5, 5.41) is 12.4. The van der Waals surface area contributed by atoms with Gasteiger partial charge in [-0.15, -0.1) is 0 Å². The number of oxime groups is 1. The fraction of sp³-hybridized carbons (Fsp3) is 0.562. The largest absolute Gasteiger partial charge is 0.409 e. The smallest absolute Gasteiger partial charge is 0.170 e. The van der Waals surface area contributed by atoms with Crippen molar-refractivity contribution in [2.45, 2.75) is 45.2 Å². The van der Waals surface area contributed by atoms with Crippen LogP contribution in [0.2, 0.25) is 5.02 Å². The molecule has 0 atom stereocenters. The predicted octanol–water partition coefficient (Wildman–Crippen LogP) is 3.45. The summed E-state index contributed by atoms with van der Waals surface area (Å²) in [5.74, 6) is 0.941. The van der Waals surface area contributed by atoms with Crippen molar-refractivity contribution in [3.8, 4) is 0 Å². The fourth-order valence-electron chi connectivity index (χ4n) is 2.97. The van der Waals surface area contributed by atoms with Gasteiger partial charge in [0.2, 0.25) is 0 Å². The van der Waals surface area contributed by atoms with E-state index in [1.54, 1.807) is 6.07 Å². The molecule has 2 rings (SSSR count). The number of nitrogens with two attached hydrogens (primary N) is 1. The fourth-order valence-corrected chi connectivity index (χ4v) is 3.21. The molecule has 1 fully saturated rings. The Morgan fingerprint density at radius 3 is 2.62 bits per heavy atom. The van der Waals surface area contributed by atoms with Crippen LogP contribution in [-0.2, 0) is 6.54 Å². The van der Waals surface area contributed by atoms with Gasteiger partial charge < -0.3 is 10.9 Å². The maximum atomic E-state index is 8.70. The third-order valence-corrected chi connectivity index (χ3v) is 4.84. The lowest BCUT2D eigenvalue weighted by Crippen LogP contribution is -2.34. The van der Waals surface area contributed by atoms with E-state index >= 15 is 0 Å². The third-order valence-electron chi connectivity index (χ3n) is 4.49. The Labute approximate surface area is 131 Å². The lowest BCUT2D eigenvalue weighted by Gasteiger charge is -2.33. The molecular weight excluding hydrogens is 286 g/mol. The van der Waals surface area contributed by atoms with Crippen LogP contribution in [0.25, 0.3) is 0 Å². The van der Waals surface area contributed by atoms with Crippen molar-refractivity contribution in [2.24, 2.45) is 16.8 Å². The summed E-state index contributed by atoms with van der Waals surface area (Å²) in [7, 11) is 2.16. The quantitative estimate of drug-likeness (QED) is 0.387. The minimum Gasteiger partial charge on any atom is -0.409 e. The highest BCUT2D eigenvalue weighted by Gasteiger charge is 2.22. The van der Waals surface area contributed by atoms with Gasteiger partial charge in [-0.1, -0.05) is 35.8 Å². The molecular formula is C16H24ClN3O. The predicted molar refractivity (Wildman–Crippen MR) is 86.8 cm³/mol. The van der Waals surface area contributed by atoms with Crippen LogP contribution in [0.15, 0.2) is 23.4 Å². The van der Waals surface area contributed by atoms with Crippen LogP contribution in [-0.4, -0.2) is 29.0 Å². The van der Waals surface area contributed by atoms with E-state index < -0.39 is 0 Å². The lowest BCUT2D eigenvalue weighted by atomic mass is 9.86. The third kappa shape index (κ3) is 4.11. The van der Waals surface area contributed by atoms with Crippen molar-refractivity contribution in [3.63, 3.8) is 0 Å². The average Bonchev–Trinajstić information content (AvgIpc) is 2.49. The van der Waals surface area contributed by atoms with Crippen LogP contribution < -0.4 is 5.73 Å². The minimum atomic E-state index is 0.0815. The Morgan fingerprint density at radius 1 is 1.38 bits per heavy atom. The number of hydrogen-bond acceptors (Lipinski definition) is 3.